The Morgan fingerprint density at radius 2 is 1.52 bits per heavy atom. The van der Waals surface area contributed by atoms with Crippen LogP contribution >= 0.6 is 0 Å². The molecule has 0 aliphatic heterocycles. The van der Waals surface area contributed by atoms with Gasteiger partial charge in [-0.15, -0.1) is 0 Å². The summed E-state index contributed by atoms with van der Waals surface area (Å²) < 4.78 is 34.3. The highest BCUT2D eigenvalue weighted by molar-refractivity contribution is 7.92. The minimum absolute atomic E-state index is 0.0363. The van der Waals surface area contributed by atoms with Gasteiger partial charge in [0.25, 0.3) is 10.0 Å². The summed E-state index contributed by atoms with van der Waals surface area (Å²) in [5.41, 5.74) is 1.20. The number of nitrogens with zero attached hydrogens (tertiary/aromatic N) is 2. The van der Waals surface area contributed by atoms with Crippen LogP contribution in [-0.2, 0) is 26.2 Å². The zero-order valence-electron chi connectivity index (χ0n) is 23.0. The summed E-state index contributed by atoms with van der Waals surface area (Å²) in [6, 6.07) is 23.4. The molecule has 1 fully saturated rings. The standard InChI is InChI=1S/C31H37N3O5S/c1-3-39-28-18-20-29(21-19-28)40(37,38)34(27-16-8-5-9-17-27)23-30(35)33(22-25-12-6-4-7-13-25)24(2)31(36)32-26-14-10-11-15-26/h4-9,12-13,16-21,24,26H,3,10-11,14-15,22-23H2,1-2H3,(H,32,36). The topological polar surface area (TPSA) is 96.0 Å². The fraction of sp³-hybridized carbons (Fsp3) is 0.355. The third-order valence-electron chi connectivity index (χ3n) is 7.11. The number of benzene rings is 3. The van der Waals surface area contributed by atoms with Crippen molar-refractivity contribution in [3.05, 3.63) is 90.5 Å². The fourth-order valence-electron chi connectivity index (χ4n) is 4.88. The number of para-hydroxylation sites is 1. The molecule has 1 N–H and O–H groups in total. The molecule has 0 saturated heterocycles. The number of carbonyl (C=O) groups excluding carboxylic acids is 2. The maximum absolute atomic E-state index is 14.0. The Labute approximate surface area is 237 Å². The second kappa shape index (κ2) is 13.5. The molecular weight excluding hydrogens is 526 g/mol. The van der Waals surface area contributed by atoms with Crippen LogP contribution in [0, 0.1) is 0 Å². The summed E-state index contributed by atoms with van der Waals surface area (Å²) >= 11 is 0. The van der Waals surface area contributed by atoms with Gasteiger partial charge in [0.2, 0.25) is 11.8 Å². The Morgan fingerprint density at radius 3 is 2.12 bits per heavy atom. The van der Waals surface area contributed by atoms with Gasteiger partial charge >= 0.3 is 0 Å². The number of amides is 2. The van der Waals surface area contributed by atoms with Crippen LogP contribution in [0.15, 0.2) is 89.8 Å². The molecule has 0 bridgehead atoms. The predicted molar refractivity (Wildman–Crippen MR) is 155 cm³/mol. The van der Waals surface area contributed by atoms with Crippen LogP contribution in [0.5, 0.6) is 5.75 Å². The SMILES string of the molecule is CCOc1ccc(S(=O)(=O)N(CC(=O)N(Cc2ccccc2)C(C)C(=O)NC2CCCC2)c2ccccc2)cc1. The van der Waals surface area contributed by atoms with Crippen molar-refractivity contribution in [2.75, 3.05) is 17.5 Å². The van der Waals surface area contributed by atoms with Crippen molar-refractivity contribution < 1.29 is 22.7 Å². The number of sulfonamides is 1. The second-order valence-electron chi connectivity index (χ2n) is 9.92. The van der Waals surface area contributed by atoms with Gasteiger partial charge in [-0.25, -0.2) is 8.42 Å². The molecule has 8 nitrogen and oxygen atoms in total. The summed E-state index contributed by atoms with van der Waals surface area (Å²) in [5, 5.41) is 3.08. The van der Waals surface area contributed by atoms with Crippen LogP contribution in [0.3, 0.4) is 0 Å². The van der Waals surface area contributed by atoms with E-state index in [4.69, 9.17) is 4.74 Å². The van der Waals surface area contributed by atoms with E-state index in [9.17, 15) is 18.0 Å². The summed E-state index contributed by atoms with van der Waals surface area (Å²) in [4.78, 5) is 28.7. The van der Waals surface area contributed by atoms with Gasteiger partial charge < -0.3 is 15.0 Å². The molecule has 0 radical (unpaired) electrons. The average molecular weight is 564 g/mol. The predicted octanol–water partition coefficient (Wildman–Crippen LogP) is 4.76. The minimum atomic E-state index is -4.12. The highest BCUT2D eigenvalue weighted by Crippen LogP contribution is 2.26. The van der Waals surface area contributed by atoms with Crippen LogP contribution in [0.25, 0.3) is 0 Å². The summed E-state index contributed by atoms with van der Waals surface area (Å²) in [5.74, 6) is -0.159. The van der Waals surface area contributed by atoms with Gasteiger partial charge in [-0.1, -0.05) is 61.4 Å². The van der Waals surface area contributed by atoms with Crippen molar-refractivity contribution in [1.82, 2.24) is 10.2 Å². The molecule has 3 aromatic carbocycles. The third-order valence-corrected chi connectivity index (χ3v) is 8.90. The third kappa shape index (κ3) is 7.21. The molecule has 40 heavy (non-hydrogen) atoms. The van der Waals surface area contributed by atoms with Crippen LogP contribution in [0.2, 0.25) is 0 Å². The number of hydrogen-bond acceptors (Lipinski definition) is 5. The van der Waals surface area contributed by atoms with Crippen LogP contribution in [-0.4, -0.2) is 50.4 Å². The molecule has 1 unspecified atom stereocenters. The molecule has 1 atom stereocenters. The zero-order valence-corrected chi connectivity index (χ0v) is 23.8. The number of nitrogens with one attached hydrogen (secondary N) is 1. The Kier molecular flexibility index (Phi) is 9.82. The van der Waals surface area contributed by atoms with Gasteiger partial charge in [-0.2, -0.15) is 0 Å². The first kappa shape index (κ1) is 29.1. The molecule has 1 saturated carbocycles. The zero-order chi connectivity index (χ0) is 28.5. The molecule has 0 spiro atoms. The van der Waals surface area contributed by atoms with Gasteiger partial charge in [0.15, 0.2) is 0 Å². The molecule has 9 heteroatoms. The lowest BCUT2D eigenvalue weighted by Gasteiger charge is -2.32. The van der Waals surface area contributed by atoms with Gasteiger partial charge in [-0.05, 0) is 68.7 Å². The number of rotatable bonds is 12. The van der Waals surface area contributed by atoms with E-state index < -0.39 is 28.5 Å². The van der Waals surface area contributed by atoms with Crippen molar-refractivity contribution >= 4 is 27.5 Å². The van der Waals surface area contributed by atoms with Gasteiger partial charge in [0.1, 0.15) is 18.3 Å². The van der Waals surface area contributed by atoms with Gasteiger partial charge in [-0.3, -0.25) is 13.9 Å². The Hall–Kier alpha value is -3.85. The minimum Gasteiger partial charge on any atom is -0.494 e. The molecule has 3 aromatic rings. The van der Waals surface area contributed by atoms with Crippen molar-refractivity contribution in [2.45, 2.75) is 63.1 Å². The van der Waals surface area contributed by atoms with Crippen molar-refractivity contribution in [3.63, 3.8) is 0 Å². The smallest absolute Gasteiger partial charge is 0.264 e. The molecule has 2 amide bonds. The van der Waals surface area contributed by atoms with Crippen LogP contribution in [0.4, 0.5) is 5.69 Å². The van der Waals surface area contributed by atoms with E-state index in [-0.39, 0.29) is 23.4 Å². The fourth-order valence-corrected chi connectivity index (χ4v) is 6.29. The van der Waals surface area contributed by atoms with Crippen molar-refractivity contribution in [3.8, 4) is 5.75 Å². The number of hydrogen-bond donors (Lipinski definition) is 1. The van der Waals surface area contributed by atoms with Gasteiger partial charge in [0, 0.05) is 12.6 Å². The summed E-state index contributed by atoms with van der Waals surface area (Å²) in [6.45, 7) is 3.71. The molecule has 1 aliphatic carbocycles. The largest absolute Gasteiger partial charge is 0.494 e. The van der Waals surface area contributed by atoms with E-state index >= 15 is 0 Å². The lowest BCUT2D eigenvalue weighted by atomic mass is 10.1. The Bertz CT molecular complexity index is 1360. The molecule has 0 heterocycles. The number of carbonyl (C=O) groups is 2. The van der Waals surface area contributed by atoms with Gasteiger partial charge in [0.05, 0.1) is 17.2 Å². The number of anilines is 1. The molecule has 212 valence electrons. The second-order valence-corrected chi connectivity index (χ2v) is 11.8. The monoisotopic (exact) mass is 563 g/mol. The van der Waals surface area contributed by atoms with Crippen LogP contribution in [0.1, 0.15) is 45.1 Å². The van der Waals surface area contributed by atoms with E-state index in [1.807, 2.05) is 37.3 Å². The first-order valence-electron chi connectivity index (χ1n) is 13.7. The molecule has 1 aliphatic rings. The molecule has 4 rings (SSSR count). The lowest BCUT2D eigenvalue weighted by molar-refractivity contribution is -0.139. The van der Waals surface area contributed by atoms with Crippen molar-refractivity contribution in [2.24, 2.45) is 0 Å². The Morgan fingerprint density at radius 1 is 0.925 bits per heavy atom. The quantitative estimate of drug-likeness (QED) is 0.343. The first-order valence-corrected chi connectivity index (χ1v) is 15.2. The van der Waals surface area contributed by atoms with E-state index in [1.165, 1.54) is 17.0 Å². The maximum atomic E-state index is 14.0. The maximum Gasteiger partial charge on any atom is 0.264 e. The Balaban J connectivity index is 1.64. The number of ether oxygens (including phenoxy) is 1. The molecular formula is C31H37N3O5S. The summed E-state index contributed by atoms with van der Waals surface area (Å²) in [7, 11) is -4.12. The van der Waals surface area contributed by atoms with E-state index in [2.05, 4.69) is 5.32 Å². The molecule has 0 aromatic heterocycles. The summed E-state index contributed by atoms with van der Waals surface area (Å²) in [6.07, 6.45) is 3.99. The van der Waals surface area contributed by atoms with Crippen molar-refractivity contribution in [1.29, 1.82) is 0 Å². The highest BCUT2D eigenvalue weighted by Gasteiger charge is 2.33. The highest BCUT2D eigenvalue weighted by atomic mass is 32.2. The van der Waals surface area contributed by atoms with E-state index in [0.717, 1.165) is 35.6 Å². The van der Waals surface area contributed by atoms with E-state index in [1.54, 1.807) is 49.4 Å². The lowest BCUT2D eigenvalue weighted by Crippen LogP contribution is -2.52. The average Bonchev–Trinajstić information content (AvgIpc) is 3.48. The van der Waals surface area contributed by atoms with Crippen LogP contribution < -0.4 is 14.4 Å². The first-order chi connectivity index (χ1) is 19.3. The normalized spacial score (nSPS) is 14.3. The van der Waals surface area contributed by atoms with E-state index in [0.29, 0.717) is 18.0 Å².